The Hall–Kier alpha value is -2.39. The minimum atomic E-state index is -1.45. The molecule has 0 saturated carbocycles. The third-order valence-electron chi connectivity index (χ3n) is 5.04. The van der Waals surface area contributed by atoms with Crippen molar-refractivity contribution < 1.29 is 4.42 Å². The van der Waals surface area contributed by atoms with Crippen LogP contribution in [0.5, 0.6) is 0 Å². The number of aromatic nitrogens is 1. The molecule has 0 fully saturated rings. The van der Waals surface area contributed by atoms with E-state index in [-0.39, 0.29) is 0 Å². The van der Waals surface area contributed by atoms with Gasteiger partial charge in [-0.15, -0.1) is 0 Å². The maximum Gasteiger partial charge on any atom is 0.135 e. The third kappa shape index (κ3) is 2.86. The first kappa shape index (κ1) is 17.0. The van der Waals surface area contributed by atoms with Crippen LogP contribution in [0.1, 0.15) is 25.3 Å². The molecule has 0 amide bonds. The standard InChI is InChI=1S/C23H25NOSi/c1-15(2)19-14-24-20(13-23(19)26(3,4)5)16-10-11-22-18(12-16)17-8-6-7-9-21(17)25-22/h6-15H,1-5H3. The number of hydrogen-bond donors (Lipinski definition) is 0. The summed E-state index contributed by atoms with van der Waals surface area (Å²) in [6.07, 6.45) is 2.09. The highest BCUT2D eigenvalue weighted by Gasteiger charge is 2.23. The maximum atomic E-state index is 5.96. The van der Waals surface area contributed by atoms with Crippen LogP contribution in [0.15, 0.2) is 59.1 Å². The summed E-state index contributed by atoms with van der Waals surface area (Å²) in [6.45, 7) is 11.7. The summed E-state index contributed by atoms with van der Waals surface area (Å²) >= 11 is 0. The van der Waals surface area contributed by atoms with Gasteiger partial charge in [0.15, 0.2) is 0 Å². The first-order valence-corrected chi connectivity index (χ1v) is 12.8. The van der Waals surface area contributed by atoms with Gasteiger partial charge in [-0.1, -0.05) is 56.9 Å². The van der Waals surface area contributed by atoms with Crippen LogP contribution in [0.4, 0.5) is 0 Å². The number of pyridine rings is 1. The molecule has 0 bridgehead atoms. The third-order valence-corrected chi connectivity index (χ3v) is 7.09. The predicted octanol–water partition coefficient (Wildman–Crippen LogP) is 6.32. The Bertz CT molecular complexity index is 1100. The van der Waals surface area contributed by atoms with E-state index in [1.165, 1.54) is 10.8 Å². The van der Waals surface area contributed by atoms with Crippen LogP contribution in [0.25, 0.3) is 33.2 Å². The minimum absolute atomic E-state index is 0.499. The zero-order valence-electron chi connectivity index (χ0n) is 16.1. The molecule has 0 N–H and O–H groups in total. The second-order valence-corrected chi connectivity index (χ2v) is 13.4. The molecule has 3 heteroatoms. The summed E-state index contributed by atoms with van der Waals surface area (Å²) in [7, 11) is -1.45. The largest absolute Gasteiger partial charge is 0.456 e. The van der Waals surface area contributed by atoms with E-state index < -0.39 is 8.07 Å². The molecule has 2 aromatic heterocycles. The van der Waals surface area contributed by atoms with Crippen LogP contribution in [0.3, 0.4) is 0 Å². The van der Waals surface area contributed by atoms with Crippen LogP contribution in [-0.2, 0) is 0 Å². The molecule has 2 heterocycles. The molecule has 4 rings (SSSR count). The fourth-order valence-electron chi connectivity index (χ4n) is 3.62. The van der Waals surface area contributed by atoms with Gasteiger partial charge in [0.25, 0.3) is 0 Å². The fraction of sp³-hybridized carbons (Fsp3) is 0.261. The van der Waals surface area contributed by atoms with Gasteiger partial charge < -0.3 is 4.42 Å². The van der Waals surface area contributed by atoms with Gasteiger partial charge in [0.1, 0.15) is 11.2 Å². The normalized spacial score (nSPS) is 12.4. The van der Waals surface area contributed by atoms with Crippen LogP contribution < -0.4 is 5.19 Å². The van der Waals surface area contributed by atoms with Crippen molar-refractivity contribution in [1.82, 2.24) is 4.98 Å². The average Bonchev–Trinajstić information content (AvgIpc) is 2.98. The Morgan fingerprint density at radius 2 is 1.62 bits per heavy atom. The topological polar surface area (TPSA) is 26.0 Å². The molecule has 4 aromatic rings. The van der Waals surface area contributed by atoms with E-state index in [1.807, 2.05) is 12.1 Å². The molecular weight excluding hydrogens is 334 g/mol. The van der Waals surface area contributed by atoms with Gasteiger partial charge in [0.05, 0.1) is 13.8 Å². The van der Waals surface area contributed by atoms with Crippen molar-refractivity contribution in [2.75, 3.05) is 0 Å². The monoisotopic (exact) mass is 359 g/mol. The second-order valence-electron chi connectivity index (χ2n) is 8.37. The highest BCUT2D eigenvalue weighted by Crippen LogP contribution is 2.32. The first-order valence-electron chi connectivity index (χ1n) is 9.26. The Balaban J connectivity index is 1.91. The van der Waals surface area contributed by atoms with E-state index in [0.717, 1.165) is 33.2 Å². The molecule has 0 unspecified atom stereocenters. The average molecular weight is 360 g/mol. The van der Waals surface area contributed by atoms with E-state index in [1.54, 1.807) is 0 Å². The molecule has 2 nitrogen and oxygen atoms in total. The summed E-state index contributed by atoms with van der Waals surface area (Å²) < 4.78 is 5.96. The van der Waals surface area contributed by atoms with Crippen molar-refractivity contribution in [2.45, 2.75) is 39.4 Å². The van der Waals surface area contributed by atoms with Gasteiger partial charge in [0.2, 0.25) is 0 Å². The van der Waals surface area contributed by atoms with Gasteiger partial charge >= 0.3 is 0 Å². The highest BCUT2D eigenvalue weighted by molar-refractivity contribution is 6.89. The number of rotatable bonds is 3. The quantitative estimate of drug-likeness (QED) is 0.400. The van der Waals surface area contributed by atoms with E-state index in [0.29, 0.717) is 5.92 Å². The van der Waals surface area contributed by atoms with E-state index in [9.17, 15) is 0 Å². The van der Waals surface area contributed by atoms with Gasteiger partial charge in [-0.2, -0.15) is 0 Å². The number of fused-ring (bicyclic) bond motifs is 3. The smallest absolute Gasteiger partial charge is 0.135 e. The Morgan fingerprint density at radius 3 is 2.35 bits per heavy atom. The molecule has 2 aromatic carbocycles. The molecule has 26 heavy (non-hydrogen) atoms. The van der Waals surface area contributed by atoms with Gasteiger partial charge in [-0.25, -0.2) is 0 Å². The summed E-state index contributed by atoms with van der Waals surface area (Å²) in [6, 6.07) is 16.9. The Labute approximate surface area is 155 Å². The molecule has 0 saturated heterocycles. The highest BCUT2D eigenvalue weighted by atomic mass is 28.3. The molecular formula is C23H25NOSi. The van der Waals surface area contributed by atoms with Crippen LogP contribution >= 0.6 is 0 Å². The van der Waals surface area contributed by atoms with Crippen molar-refractivity contribution in [2.24, 2.45) is 0 Å². The zero-order chi connectivity index (χ0) is 18.5. The summed E-state index contributed by atoms with van der Waals surface area (Å²) in [5.74, 6) is 0.499. The van der Waals surface area contributed by atoms with Gasteiger partial charge in [-0.3, -0.25) is 4.98 Å². The number of benzene rings is 2. The van der Waals surface area contributed by atoms with Crippen molar-refractivity contribution >= 4 is 35.2 Å². The van der Waals surface area contributed by atoms with Crippen molar-refractivity contribution in [3.05, 3.63) is 60.3 Å². The zero-order valence-corrected chi connectivity index (χ0v) is 17.1. The molecule has 0 aliphatic carbocycles. The predicted molar refractivity (Wildman–Crippen MR) is 114 cm³/mol. The number of nitrogens with zero attached hydrogens (tertiary/aromatic N) is 1. The van der Waals surface area contributed by atoms with Crippen LogP contribution in [0.2, 0.25) is 19.6 Å². The van der Waals surface area contributed by atoms with Gasteiger partial charge in [-0.05, 0) is 41.8 Å². The minimum Gasteiger partial charge on any atom is -0.456 e. The molecule has 0 radical (unpaired) electrons. The fourth-order valence-corrected chi connectivity index (χ4v) is 5.41. The molecule has 0 spiro atoms. The molecule has 0 aliphatic rings. The lowest BCUT2D eigenvalue weighted by Gasteiger charge is -2.23. The number of para-hydroxylation sites is 1. The van der Waals surface area contributed by atoms with Crippen LogP contribution in [-0.4, -0.2) is 13.1 Å². The lowest BCUT2D eigenvalue weighted by atomic mass is 10.0. The molecule has 0 aliphatic heterocycles. The second kappa shape index (κ2) is 6.10. The first-order chi connectivity index (χ1) is 12.3. The Kier molecular flexibility index (Phi) is 4.00. The number of furan rings is 1. The molecule has 0 atom stereocenters. The van der Waals surface area contributed by atoms with Crippen molar-refractivity contribution in [3.63, 3.8) is 0 Å². The maximum absolute atomic E-state index is 5.96. The summed E-state index contributed by atoms with van der Waals surface area (Å²) in [5, 5.41) is 3.82. The van der Waals surface area contributed by atoms with Crippen molar-refractivity contribution in [1.29, 1.82) is 0 Å². The number of hydrogen-bond acceptors (Lipinski definition) is 2. The summed E-state index contributed by atoms with van der Waals surface area (Å²) in [5.41, 5.74) is 5.46. The van der Waals surface area contributed by atoms with E-state index in [4.69, 9.17) is 9.40 Å². The lowest BCUT2D eigenvalue weighted by Crippen LogP contribution is -2.40. The van der Waals surface area contributed by atoms with Gasteiger partial charge in [0, 0.05) is 22.5 Å². The SMILES string of the molecule is CC(C)c1cnc(-c2ccc3oc4ccccc4c3c2)cc1[Si](C)(C)C. The summed E-state index contributed by atoms with van der Waals surface area (Å²) in [4.78, 5) is 4.81. The van der Waals surface area contributed by atoms with E-state index in [2.05, 4.69) is 76.1 Å². The van der Waals surface area contributed by atoms with Crippen molar-refractivity contribution in [3.8, 4) is 11.3 Å². The lowest BCUT2D eigenvalue weighted by molar-refractivity contribution is 0.669. The van der Waals surface area contributed by atoms with E-state index >= 15 is 0 Å². The van der Waals surface area contributed by atoms with Crippen LogP contribution in [0, 0.1) is 0 Å². The molecule has 132 valence electrons. The Morgan fingerprint density at radius 1 is 0.885 bits per heavy atom.